The standard InChI is InChI=1S/C8H10N4O/c1-4-6(9)12-7(5-2-3-5)11-13-8(12)10-4/h5H,2-3,9H2,1H3. The highest BCUT2D eigenvalue weighted by atomic mass is 16.5. The molecule has 1 saturated carbocycles. The number of hydrogen-bond acceptors (Lipinski definition) is 4. The summed E-state index contributed by atoms with van der Waals surface area (Å²) in [4.78, 5) is 4.15. The van der Waals surface area contributed by atoms with Crippen LogP contribution in [-0.4, -0.2) is 14.5 Å². The van der Waals surface area contributed by atoms with Gasteiger partial charge in [0, 0.05) is 5.92 Å². The molecule has 0 spiro atoms. The molecule has 0 aromatic carbocycles. The molecule has 0 unspecified atom stereocenters. The average Bonchev–Trinajstić information content (AvgIpc) is 2.81. The zero-order valence-corrected chi connectivity index (χ0v) is 7.32. The number of imidazole rings is 1. The van der Waals surface area contributed by atoms with Crippen LogP contribution in [0, 0.1) is 6.92 Å². The first kappa shape index (κ1) is 6.94. The van der Waals surface area contributed by atoms with E-state index in [1.165, 1.54) is 12.8 Å². The predicted molar refractivity (Wildman–Crippen MR) is 46.4 cm³/mol. The number of aromatic nitrogens is 3. The molecular formula is C8H10N4O. The highest BCUT2D eigenvalue weighted by molar-refractivity contribution is 5.47. The van der Waals surface area contributed by atoms with Crippen LogP contribution in [0.15, 0.2) is 4.52 Å². The lowest BCUT2D eigenvalue weighted by Gasteiger charge is -1.93. The highest BCUT2D eigenvalue weighted by Crippen LogP contribution is 2.40. The molecule has 0 atom stereocenters. The molecule has 68 valence electrons. The zero-order chi connectivity index (χ0) is 9.00. The molecule has 3 rings (SSSR count). The topological polar surface area (TPSA) is 69.3 Å². The number of anilines is 1. The van der Waals surface area contributed by atoms with Crippen molar-refractivity contribution in [2.24, 2.45) is 0 Å². The summed E-state index contributed by atoms with van der Waals surface area (Å²) in [6, 6.07) is 0. The second-order valence-electron chi connectivity index (χ2n) is 3.52. The predicted octanol–water partition coefficient (Wildman–Crippen LogP) is 1.09. The number of hydrogen-bond donors (Lipinski definition) is 1. The van der Waals surface area contributed by atoms with Gasteiger partial charge in [0.25, 0.3) is 0 Å². The van der Waals surface area contributed by atoms with Crippen LogP contribution in [0.3, 0.4) is 0 Å². The van der Waals surface area contributed by atoms with Gasteiger partial charge < -0.3 is 10.3 Å². The fraction of sp³-hybridized carbons (Fsp3) is 0.500. The summed E-state index contributed by atoms with van der Waals surface area (Å²) >= 11 is 0. The van der Waals surface area contributed by atoms with Crippen LogP contribution in [0.25, 0.3) is 5.84 Å². The summed E-state index contributed by atoms with van der Waals surface area (Å²) in [6.45, 7) is 1.87. The van der Waals surface area contributed by atoms with E-state index < -0.39 is 0 Å². The monoisotopic (exact) mass is 178 g/mol. The molecule has 1 aliphatic carbocycles. The second-order valence-corrected chi connectivity index (χ2v) is 3.52. The molecule has 2 aromatic rings. The minimum Gasteiger partial charge on any atom is -0.383 e. The molecule has 2 aromatic heterocycles. The number of nitrogen functional groups attached to an aromatic ring is 1. The van der Waals surface area contributed by atoms with Crippen LogP contribution in [0.2, 0.25) is 0 Å². The Morgan fingerprint density at radius 1 is 1.54 bits per heavy atom. The Labute approximate surface area is 74.5 Å². The van der Waals surface area contributed by atoms with Crippen LogP contribution in [0.4, 0.5) is 5.82 Å². The Balaban J connectivity index is 2.34. The fourth-order valence-corrected chi connectivity index (χ4v) is 1.53. The van der Waals surface area contributed by atoms with E-state index in [0.29, 0.717) is 17.6 Å². The molecule has 0 bridgehead atoms. The number of rotatable bonds is 1. The van der Waals surface area contributed by atoms with E-state index in [1.54, 1.807) is 0 Å². The summed E-state index contributed by atoms with van der Waals surface area (Å²) < 4.78 is 6.89. The van der Waals surface area contributed by atoms with E-state index in [4.69, 9.17) is 10.3 Å². The quantitative estimate of drug-likeness (QED) is 0.709. The van der Waals surface area contributed by atoms with Gasteiger partial charge >= 0.3 is 5.84 Å². The molecule has 1 fully saturated rings. The Morgan fingerprint density at radius 3 is 3.00 bits per heavy atom. The minimum absolute atomic E-state index is 0.511. The third kappa shape index (κ3) is 0.811. The van der Waals surface area contributed by atoms with Gasteiger partial charge in [-0.05, 0) is 19.8 Å². The van der Waals surface area contributed by atoms with Gasteiger partial charge in [-0.25, -0.2) is 4.40 Å². The highest BCUT2D eigenvalue weighted by Gasteiger charge is 2.31. The maximum atomic E-state index is 5.85. The molecular weight excluding hydrogens is 168 g/mol. The Hall–Kier alpha value is -1.52. The maximum absolute atomic E-state index is 5.85. The van der Waals surface area contributed by atoms with Crippen LogP contribution < -0.4 is 5.73 Å². The van der Waals surface area contributed by atoms with Crippen LogP contribution in [0.1, 0.15) is 30.3 Å². The van der Waals surface area contributed by atoms with Crippen LogP contribution in [-0.2, 0) is 0 Å². The molecule has 0 radical (unpaired) electrons. The van der Waals surface area contributed by atoms with Crippen molar-refractivity contribution in [3.63, 3.8) is 0 Å². The number of fused-ring (bicyclic) bond motifs is 1. The smallest absolute Gasteiger partial charge is 0.333 e. The van der Waals surface area contributed by atoms with Crippen LogP contribution >= 0.6 is 0 Å². The van der Waals surface area contributed by atoms with Crippen molar-refractivity contribution in [2.75, 3.05) is 5.73 Å². The molecule has 5 heteroatoms. The summed E-state index contributed by atoms with van der Waals surface area (Å²) in [5.41, 5.74) is 6.66. The second kappa shape index (κ2) is 2.04. The molecule has 2 N–H and O–H groups in total. The molecule has 1 aliphatic rings. The zero-order valence-electron chi connectivity index (χ0n) is 7.32. The molecule has 13 heavy (non-hydrogen) atoms. The third-order valence-corrected chi connectivity index (χ3v) is 2.46. The normalized spacial score (nSPS) is 17.0. The van der Waals surface area contributed by atoms with Gasteiger partial charge in [-0.15, -0.1) is 0 Å². The van der Waals surface area contributed by atoms with Gasteiger partial charge in [0.05, 0.1) is 5.69 Å². The van der Waals surface area contributed by atoms with Gasteiger partial charge in [-0.3, -0.25) is 0 Å². The van der Waals surface area contributed by atoms with Crippen LogP contribution in [0.5, 0.6) is 0 Å². The number of nitrogens with zero attached hydrogens (tertiary/aromatic N) is 3. The average molecular weight is 178 g/mol. The molecule has 0 aliphatic heterocycles. The minimum atomic E-state index is 0.511. The summed E-state index contributed by atoms with van der Waals surface area (Å²) in [5, 5.41) is 3.96. The van der Waals surface area contributed by atoms with E-state index in [0.717, 1.165) is 11.5 Å². The SMILES string of the molecule is Cc1nc2onc(C3CC3)n2c1N. The Bertz CT molecular complexity index is 466. The van der Waals surface area contributed by atoms with Crippen molar-refractivity contribution in [3.05, 3.63) is 11.5 Å². The summed E-state index contributed by atoms with van der Waals surface area (Å²) in [6.07, 6.45) is 2.36. The first-order chi connectivity index (χ1) is 6.27. The number of nitrogens with two attached hydrogens (primary N) is 1. The van der Waals surface area contributed by atoms with Crippen molar-refractivity contribution in [1.82, 2.24) is 14.5 Å². The van der Waals surface area contributed by atoms with Crippen molar-refractivity contribution >= 4 is 11.7 Å². The number of aryl methyl sites for hydroxylation is 1. The Kier molecular flexibility index (Phi) is 1.09. The van der Waals surface area contributed by atoms with Crippen molar-refractivity contribution in [3.8, 4) is 0 Å². The lowest BCUT2D eigenvalue weighted by Crippen LogP contribution is -1.97. The van der Waals surface area contributed by atoms with Gasteiger partial charge in [0.2, 0.25) is 0 Å². The molecule has 0 amide bonds. The van der Waals surface area contributed by atoms with E-state index >= 15 is 0 Å². The van der Waals surface area contributed by atoms with Crippen molar-refractivity contribution < 1.29 is 4.52 Å². The lowest BCUT2D eigenvalue weighted by molar-refractivity contribution is 0.438. The van der Waals surface area contributed by atoms with Gasteiger partial charge in [-0.1, -0.05) is 5.16 Å². The van der Waals surface area contributed by atoms with E-state index in [2.05, 4.69) is 10.1 Å². The van der Waals surface area contributed by atoms with E-state index in [-0.39, 0.29) is 0 Å². The first-order valence-electron chi connectivity index (χ1n) is 4.37. The molecule has 0 saturated heterocycles. The van der Waals surface area contributed by atoms with E-state index in [9.17, 15) is 0 Å². The summed E-state index contributed by atoms with van der Waals surface area (Å²) in [7, 11) is 0. The first-order valence-corrected chi connectivity index (χ1v) is 4.37. The largest absolute Gasteiger partial charge is 0.383 e. The van der Waals surface area contributed by atoms with Gasteiger partial charge in [0.15, 0.2) is 5.82 Å². The van der Waals surface area contributed by atoms with E-state index in [1.807, 2.05) is 11.3 Å². The lowest BCUT2D eigenvalue weighted by atomic mass is 10.4. The van der Waals surface area contributed by atoms with Gasteiger partial charge in [0.1, 0.15) is 5.82 Å². The summed E-state index contributed by atoms with van der Waals surface area (Å²) in [5.74, 6) is 2.61. The van der Waals surface area contributed by atoms with Crippen molar-refractivity contribution in [2.45, 2.75) is 25.7 Å². The Morgan fingerprint density at radius 2 is 2.31 bits per heavy atom. The fourth-order valence-electron chi connectivity index (χ4n) is 1.53. The maximum Gasteiger partial charge on any atom is 0.333 e. The van der Waals surface area contributed by atoms with Crippen molar-refractivity contribution in [1.29, 1.82) is 0 Å². The van der Waals surface area contributed by atoms with Gasteiger partial charge in [-0.2, -0.15) is 4.98 Å². The molecule has 5 nitrogen and oxygen atoms in total. The third-order valence-electron chi connectivity index (χ3n) is 2.46. The molecule has 2 heterocycles.